The number of aryl methyl sites for hydroxylation is 1. The van der Waals surface area contributed by atoms with Gasteiger partial charge in [-0.25, -0.2) is 18.0 Å². The Kier molecular flexibility index (Phi) is 3.89. The molecule has 0 heterocycles. The van der Waals surface area contributed by atoms with Gasteiger partial charge in [0.15, 0.2) is 11.6 Å². The van der Waals surface area contributed by atoms with Crippen molar-refractivity contribution in [2.45, 2.75) is 12.8 Å². The highest BCUT2D eigenvalue weighted by atomic mass is 19.2. The van der Waals surface area contributed by atoms with Gasteiger partial charge < -0.3 is 10.2 Å². The van der Waals surface area contributed by atoms with Crippen LogP contribution in [0.1, 0.15) is 22.3 Å². The number of aliphatic hydroxyl groups is 1. The van der Waals surface area contributed by atoms with Gasteiger partial charge >= 0.3 is 5.97 Å². The number of carboxylic acid groups (broad SMARTS) is 1. The minimum Gasteiger partial charge on any atom is -0.477 e. The first kappa shape index (κ1) is 12.5. The van der Waals surface area contributed by atoms with Crippen LogP contribution in [0.25, 0.3) is 0 Å². The number of carboxylic acids is 1. The van der Waals surface area contributed by atoms with Crippen LogP contribution in [-0.4, -0.2) is 22.8 Å². The van der Waals surface area contributed by atoms with Crippen LogP contribution in [0.15, 0.2) is 6.07 Å². The molecule has 0 fully saturated rings. The average molecular weight is 234 g/mol. The first-order valence-electron chi connectivity index (χ1n) is 4.49. The molecule has 0 aliphatic rings. The third-order valence-electron chi connectivity index (χ3n) is 2.05. The Labute approximate surface area is 89.1 Å². The summed E-state index contributed by atoms with van der Waals surface area (Å²) in [5.41, 5.74) is -1.58. The van der Waals surface area contributed by atoms with Gasteiger partial charge in [0.05, 0.1) is 0 Å². The van der Waals surface area contributed by atoms with Gasteiger partial charge in [-0.15, -0.1) is 0 Å². The number of halogens is 3. The van der Waals surface area contributed by atoms with E-state index in [1.807, 2.05) is 0 Å². The third kappa shape index (κ3) is 2.33. The fraction of sp³-hybridized carbons (Fsp3) is 0.300. The van der Waals surface area contributed by atoms with E-state index in [1.165, 1.54) is 0 Å². The molecule has 0 saturated heterocycles. The Hall–Kier alpha value is -1.56. The molecule has 0 saturated carbocycles. The lowest BCUT2D eigenvalue weighted by molar-refractivity contribution is 0.0685. The van der Waals surface area contributed by atoms with Crippen molar-refractivity contribution in [1.29, 1.82) is 0 Å². The van der Waals surface area contributed by atoms with E-state index in [-0.39, 0.29) is 25.0 Å². The van der Waals surface area contributed by atoms with Crippen molar-refractivity contribution < 1.29 is 28.2 Å². The maximum atomic E-state index is 13.2. The van der Waals surface area contributed by atoms with Gasteiger partial charge in [0.25, 0.3) is 0 Å². The molecule has 0 aliphatic heterocycles. The number of hydrogen-bond donors (Lipinski definition) is 2. The normalized spacial score (nSPS) is 10.5. The molecule has 6 heteroatoms. The Balaban J connectivity index is 3.22. The summed E-state index contributed by atoms with van der Waals surface area (Å²) >= 11 is 0. The molecule has 16 heavy (non-hydrogen) atoms. The summed E-state index contributed by atoms with van der Waals surface area (Å²) in [4.78, 5) is 10.4. The zero-order chi connectivity index (χ0) is 12.3. The molecule has 1 aromatic carbocycles. The molecule has 0 aromatic heterocycles. The van der Waals surface area contributed by atoms with Crippen molar-refractivity contribution in [2.75, 3.05) is 6.61 Å². The molecule has 0 atom stereocenters. The average Bonchev–Trinajstić information content (AvgIpc) is 2.21. The minimum absolute atomic E-state index is 0.0595. The largest absolute Gasteiger partial charge is 0.477 e. The molecule has 0 bridgehead atoms. The van der Waals surface area contributed by atoms with Gasteiger partial charge in [-0.3, -0.25) is 0 Å². The lowest BCUT2D eigenvalue weighted by Crippen LogP contribution is -2.09. The zero-order valence-corrected chi connectivity index (χ0v) is 8.14. The highest BCUT2D eigenvalue weighted by Gasteiger charge is 2.23. The van der Waals surface area contributed by atoms with Crippen molar-refractivity contribution >= 4 is 5.97 Å². The van der Waals surface area contributed by atoms with E-state index in [9.17, 15) is 18.0 Å². The standard InChI is InChI=1S/C10H9F3O3/c11-6-4-5(2-1-3-14)8(12)9(13)7(6)10(15)16/h4,14H,1-3H2,(H,15,16). The first-order valence-corrected chi connectivity index (χ1v) is 4.49. The van der Waals surface area contributed by atoms with Crippen LogP contribution in [-0.2, 0) is 6.42 Å². The summed E-state index contributed by atoms with van der Waals surface area (Å²) in [5, 5.41) is 16.9. The van der Waals surface area contributed by atoms with Crippen LogP contribution in [0, 0.1) is 17.5 Å². The Bertz CT molecular complexity index is 418. The molecule has 0 amide bonds. The number of aromatic carboxylic acids is 1. The van der Waals surface area contributed by atoms with Gasteiger partial charge in [-0.2, -0.15) is 0 Å². The molecular weight excluding hydrogens is 225 g/mol. The summed E-state index contributed by atoms with van der Waals surface area (Å²) in [7, 11) is 0. The lowest BCUT2D eigenvalue weighted by atomic mass is 10.1. The van der Waals surface area contributed by atoms with E-state index in [0.29, 0.717) is 6.07 Å². The maximum absolute atomic E-state index is 13.2. The second-order valence-corrected chi connectivity index (χ2v) is 3.15. The predicted octanol–water partition coefficient (Wildman–Crippen LogP) is 1.73. The molecule has 2 N–H and O–H groups in total. The van der Waals surface area contributed by atoms with Crippen molar-refractivity contribution in [1.82, 2.24) is 0 Å². The second-order valence-electron chi connectivity index (χ2n) is 3.15. The smallest absolute Gasteiger partial charge is 0.341 e. The van der Waals surface area contributed by atoms with Crippen LogP contribution >= 0.6 is 0 Å². The van der Waals surface area contributed by atoms with Gasteiger partial charge in [-0.05, 0) is 24.5 Å². The van der Waals surface area contributed by atoms with E-state index in [4.69, 9.17) is 10.2 Å². The van der Waals surface area contributed by atoms with Gasteiger partial charge in [0.2, 0.25) is 0 Å². The third-order valence-corrected chi connectivity index (χ3v) is 2.05. The predicted molar refractivity (Wildman–Crippen MR) is 48.7 cm³/mol. The van der Waals surface area contributed by atoms with E-state index < -0.39 is 29.0 Å². The molecule has 0 spiro atoms. The quantitative estimate of drug-likeness (QED) is 0.780. The molecule has 0 unspecified atom stereocenters. The molecule has 0 aliphatic carbocycles. The van der Waals surface area contributed by atoms with Gasteiger partial charge in [-0.1, -0.05) is 0 Å². The van der Waals surface area contributed by atoms with Crippen LogP contribution in [0.5, 0.6) is 0 Å². The number of benzene rings is 1. The van der Waals surface area contributed by atoms with Crippen molar-refractivity contribution in [2.24, 2.45) is 0 Å². The lowest BCUT2D eigenvalue weighted by Gasteiger charge is -2.06. The zero-order valence-electron chi connectivity index (χ0n) is 8.14. The molecule has 3 nitrogen and oxygen atoms in total. The number of rotatable bonds is 4. The summed E-state index contributed by atoms with van der Waals surface area (Å²) in [6.45, 7) is -0.247. The highest BCUT2D eigenvalue weighted by molar-refractivity contribution is 5.88. The minimum atomic E-state index is -1.86. The molecular formula is C10H9F3O3. The van der Waals surface area contributed by atoms with Crippen LogP contribution in [0.4, 0.5) is 13.2 Å². The molecule has 0 radical (unpaired) electrons. The fourth-order valence-corrected chi connectivity index (χ4v) is 1.29. The van der Waals surface area contributed by atoms with Crippen molar-refractivity contribution in [3.8, 4) is 0 Å². The summed E-state index contributed by atoms with van der Waals surface area (Å²) < 4.78 is 39.5. The van der Waals surface area contributed by atoms with Crippen LogP contribution in [0.3, 0.4) is 0 Å². The topological polar surface area (TPSA) is 57.5 Å². The van der Waals surface area contributed by atoms with Crippen LogP contribution in [0.2, 0.25) is 0 Å². The van der Waals surface area contributed by atoms with Crippen LogP contribution < -0.4 is 0 Å². The summed E-state index contributed by atoms with van der Waals surface area (Å²) in [6, 6.07) is 0.636. The van der Waals surface area contributed by atoms with Crippen molar-refractivity contribution in [3.05, 3.63) is 34.6 Å². The number of hydrogen-bond acceptors (Lipinski definition) is 2. The van der Waals surface area contributed by atoms with E-state index in [1.54, 1.807) is 0 Å². The van der Waals surface area contributed by atoms with Crippen molar-refractivity contribution in [3.63, 3.8) is 0 Å². The number of carbonyl (C=O) groups is 1. The van der Waals surface area contributed by atoms with E-state index >= 15 is 0 Å². The van der Waals surface area contributed by atoms with Gasteiger partial charge in [0.1, 0.15) is 11.4 Å². The molecule has 1 aromatic rings. The Morgan fingerprint density at radius 3 is 2.38 bits per heavy atom. The molecule has 1 rings (SSSR count). The summed E-state index contributed by atoms with van der Waals surface area (Å²) in [6.07, 6.45) is 0.0816. The second kappa shape index (κ2) is 4.98. The van der Waals surface area contributed by atoms with E-state index in [2.05, 4.69) is 0 Å². The van der Waals surface area contributed by atoms with E-state index in [0.717, 1.165) is 0 Å². The SMILES string of the molecule is O=C(O)c1c(F)cc(CCCO)c(F)c1F. The maximum Gasteiger partial charge on any atom is 0.341 e. The Morgan fingerprint density at radius 1 is 1.25 bits per heavy atom. The first-order chi connectivity index (χ1) is 7.49. The van der Waals surface area contributed by atoms with Gasteiger partial charge in [0, 0.05) is 6.61 Å². The monoisotopic (exact) mass is 234 g/mol. The Morgan fingerprint density at radius 2 is 1.88 bits per heavy atom. The number of aliphatic hydroxyl groups excluding tert-OH is 1. The molecule has 88 valence electrons. The summed E-state index contributed by atoms with van der Waals surface area (Å²) in [5.74, 6) is -6.27. The fourth-order valence-electron chi connectivity index (χ4n) is 1.29. The highest BCUT2D eigenvalue weighted by Crippen LogP contribution is 2.21.